The number of fused-ring (bicyclic) bond motifs is 3. The van der Waals surface area contributed by atoms with Gasteiger partial charge in [0.2, 0.25) is 24.5 Å². The van der Waals surface area contributed by atoms with Crippen LogP contribution in [0.5, 0.6) is 17.2 Å². The van der Waals surface area contributed by atoms with E-state index in [9.17, 15) is 19.2 Å². The summed E-state index contributed by atoms with van der Waals surface area (Å²) in [5.74, 6) is -7.42. The van der Waals surface area contributed by atoms with Gasteiger partial charge in [-0.15, -0.1) is 0 Å². The number of ether oxygens (including phenoxy) is 7. The topological polar surface area (TPSA) is 150 Å². The van der Waals surface area contributed by atoms with Gasteiger partial charge in [0.25, 0.3) is 0 Å². The molecule has 0 aromatic heterocycles. The zero-order valence-corrected chi connectivity index (χ0v) is 28.3. The lowest BCUT2D eigenvalue weighted by molar-refractivity contribution is -0.181. The Bertz CT molecular complexity index is 1450. The molecule has 2 bridgehead atoms. The fourth-order valence-corrected chi connectivity index (χ4v) is 6.06. The quantitative estimate of drug-likeness (QED) is 0.161. The summed E-state index contributed by atoms with van der Waals surface area (Å²) in [5, 5.41) is 0. The molecule has 18 heteroatoms. The monoisotopic (exact) mass is 750 g/mol. The molecule has 1 aromatic carbocycles. The van der Waals surface area contributed by atoms with Crippen molar-refractivity contribution in [3.05, 3.63) is 29.0 Å². The summed E-state index contributed by atoms with van der Waals surface area (Å²) in [6.45, 7) is -0.770. The van der Waals surface area contributed by atoms with Crippen LogP contribution in [0.15, 0.2) is 17.9 Å². The molecule has 0 saturated carbocycles. The lowest BCUT2D eigenvalue weighted by atomic mass is 9.70. The second kappa shape index (κ2) is 12.8. The lowest BCUT2D eigenvalue weighted by Crippen LogP contribution is -2.59. The number of hydrogen-bond donors (Lipinski definition) is 0. The van der Waals surface area contributed by atoms with E-state index in [4.69, 9.17) is 103 Å². The number of ketones is 2. The Morgan fingerprint density at radius 1 is 0.911 bits per heavy atom. The van der Waals surface area contributed by atoms with Gasteiger partial charge in [-0.25, -0.2) is 0 Å². The predicted octanol–water partition coefficient (Wildman–Crippen LogP) is 4.29. The molecular weight excluding hydrogens is 729 g/mol. The first-order chi connectivity index (χ1) is 20.8. The Kier molecular flexibility index (Phi) is 10.1. The number of benzene rings is 1. The first-order valence-corrected chi connectivity index (χ1v) is 15.1. The number of Topliss-reactive ketones (excluding diaryl/α,β-unsaturated/α-hetero) is 2. The van der Waals surface area contributed by atoms with Crippen LogP contribution in [0.1, 0.15) is 30.4 Å². The Morgan fingerprint density at radius 3 is 1.93 bits per heavy atom. The van der Waals surface area contributed by atoms with Gasteiger partial charge in [0.1, 0.15) is 19.3 Å². The first kappa shape index (κ1) is 35.7. The Morgan fingerprint density at radius 2 is 1.47 bits per heavy atom. The summed E-state index contributed by atoms with van der Waals surface area (Å²) in [7, 11) is 3.97. The molecule has 2 aliphatic heterocycles. The number of carbonyl (C=O) groups is 5. The first-order valence-electron chi connectivity index (χ1n) is 12.8. The average Bonchev–Trinajstić information content (AvgIpc) is 3.25. The van der Waals surface area contributed by atoms with Crippen molar-refractivity contribution in [2.75, 3.05) is 34.5 Å². The third-order valence-electron chi connectivity index (χ3n) is 7.37. The highest BCUT2D eigenvalue weighted by atomic mass is 35.6. The van der Waals surface area contributed by atoms with Gasteiger partial charge in [0, 0.05) is 30.9 Å². The van der Waals surface area contributed by atoms with Crippen molar-refractivity contribution in [2.24, 2.45) is 5.41 Å². The Balaban J connectivity index is 2.11. The van der Waals surface area contributed by atoms with Crippen LogP contribution < -0.4 is 14.2 Å². The van der Waals surface area contributed by atoms with E-state index in [2.05, 4.69) is 0 Å². The molecule has 3 atom stereocenters. The highest BCUT2D eigenvalue weighted by Crippen LogP contribution is 2.60. The predicted molar refractivity (Wildman–Crippen MR) is 160 cm³/mol. The maximum atomic E-state index is 15.0. The van der Waals surface area contributed by atoms with Gasteiger partial charge in [-0.05, 0) is 18.1 Å². The number of hydrogen-bond acceptors (Lipinski definition) is 12. The van der Waals surface area contributed by atoms with Crippen LogP contribution in [0.4, 0.5) is 0 Å². The fraction of sp³-hybridized carbons (Fsp3) is 0.519. The zero-order chi connectivity index (χ0) is 33.7. The fourth-order valence-electron chi connectivity index (χ4n) is 5.73. The van der Waals surface area contributed by atoms with Crippen molar-refractivity contribution in [3.63, 3.8) is 0 Å². The average molecular weight is 753 g/mol. The summed E-state index contributed by atoms with van der Waals surface area (Å²) in [6, 6.07) is 1.41. The summed E-state index contributed by atoms with van der Waals surface area (Å²) in [5.41, 5.74) is -4.95. The number of rotatable bonds is 8. The van der Waals surface area contributed by atoms with E-state index in [1.54, 1.807) is 0 Å². The van der Waals surface area contributed by atoms with Crippen LogP contribution in [-0.4, -0.2) is 83.3 Å². The summed E-state index contributed by atoms with van der Waals surface area (Å²) < 4.78 is 34.1. The summed E-state index contributed by atoms with van der Waals surface area (Å²) >= 11 is 34.9. The van der Waals surface area contributed by atoms with E-state index in [0.29, 0.717) is 0 Å². The van der Waals surface area contributed by atoms with E-state index in [1.165, 1.54) is 27.4 Å². The number of esters is 3. The van der Waals surface area contributed by atoms with Gasteiger partial charge in [-0.2, -0.15) is 0 Å². The molecule has 1 aliphatic carbocycles. The third-order valence-corrected chi connectivity index (χ3v) is 8.03. The molecule has 1 spiro atoms. The minimum Gasteiger partial charge on any atom is -0.493 e. The minimum atomic E-state index is -2.95. The van der Waals surface area contributed by atoms with E-state index in [1.807, 2.05) is 0 Å². The van der Waals surface area contributed by atoms with E-state index >= 15 is 4.79 Å². The van der Waals surface area contributed by atoms with Gasteiger partial charge in [0.05, 0.1) is 21.3 Å². The standard InChI is InChI=1S/C27H24Cl6O12/c1-11(34)44-16-8-25-13(6-14(45-25)18(16)35)17-12(5-15(39-2)19(40-3)20(17)41-4)7-24(21(25)36,22(37)42-9-26(28,29)30)23(38)43-10-27(31,32)33/h5,8,13-14H,6-7,9-10H2,1-4H3/t13?,14-,25-/m0/s1. The molecule has 2 heterocycles. The normalized spacial score (nSPS) is 23.6. The maximum absolute atomic E-state index is 15.0. The molecule has 1 saturated heterocycles. The van der Waals surface area contributed by atoms with Gasteiger partial charge in [-0.3, -0.25) is 24.0 Å². The van der Waals surface area contributed by atoms with Gasteiger partial charge in [0.15, 0.2) is 28.6 Å². The van der Waals surface area contributed by atoms with Gasteiger partial charge >= 0.3 is 17.9 Å². The van der Waals surface area contributed by atoms with E-state index in [-0.39, 0.29) is 34.8 Å². The van der Waals surface area contributed by atoms with Crippen molar-refractivity contribution in [2.45, 2.75) is 45.0 Å². The second-order valence-corrected chi connectivity index (χ2v) is 15.2. The summed E-state index contributed by atoms with van der Waals surface area (Å²) in [4.78, 5) is 68.4. The smallest absolute Gasteiger partial charge is 0.331 e. The van der Waals surface area contributed by atoms with Gasteiger partial charge in [-0.1, -0.05) is 69.6 Å². The number of methoxy groups -OCH3 is 3. The highest BCUT2D eigenvalue weighted by molar-refractivity contribution is 6.68. The van der Waals surface area contributed by atoms with Crippen molar-refractivity contribution in [3.8, 4) is 17.2 Å². The molecule has 1 aromatic rings. The summed E-state index contributed by atoms with van der Waals surface area (Å²) in [6.07, 6.45) is -1.37. The van der Waals surface area contributed by atoms with Gasteiger partial charge < -0.3 is 33.2 Å². The van der Waals surface area contributed by atoms with E-state index < -0.39 is 85.5 Å². The Labute approximate surface area is 286 Å². The SMILES string of the molecule is COc1cc2c(c(OC)c1OC)C1C[C@@H]3O[C@]1(C=C(OC(C)=O)C3=O)C(=O)C(C(=O)OCC(Cl)(Cl)Cl)(C(=O)OCC(Cl)(Cl)Cl)C2. The van der Waals surface area contributed by atoms with Crippen LogP contribution in [-0.2, 0) is 49.3 Å². The minimum absolute atomic E-state index is 0.0372. The molecule has 4 rings (SSSR count). The van der Waals surface area contributed by atoms with Crippen LogP contribution >= 0.6 is 69.6 Å². The molecule has 1 unspecified atom stereocenters. The lowest BCUT2D eigenvalue weighted by Gasteiger charge is -2.37. The van der Waals surface area contributed by atoms with Crippen molar-refractivity contribution in [1.82, 2.24) is 0 Å². The number of halogens is 6. The third kappa shape index (κ3) is 6.52. The van der Waals surface area contributed by atoms with Crippen LogP contribution in [0, 0.1) is 5.41 Å². The number of carbonyl (C=O) groups excluding carboxylic acids is 5. The molecule has 0 N–H and O–H groups in total. The van der Waals surface area contributed by atoms with Crippen LogP contribution in [0.2, 0.25) is 0 Å². The molecule has 45 heavy (non-hydrogen) atoms. The van der Waals surface area contributed by atoms with Crippen molar-refractivity contribution >= 4 is 99.1 Å². The second-order valence-electron chi connectivity index (χ2n) is 10.2. The van der Waals surface area contributed by atoms with Crippen molar-refractivity contribution < 1.29 is 57.1 Å². The number of alkyl halides is 6. The molecule has 12 nitrogen and oxygen atoms in total. The molecular formula is C27H24Cl6O12. The molecule has 246 valence electrons. The maximum Gasteiger partial charge on any atom is 0.331 e. The van der Waals surface area contributed by atoms with E-state index in [0.717, 1.165) is 13.0 Å². The highest BCUT2D eigenvalue weighted by Gasteiger charge is 2.71. The molecule has 0 amide bonds. The Hall–Kier alpha value is -2.19. The van der Waals surface area contributed by atoms with Crippen molar-refractivity contribution in [1.29, 1.82) is 0 Å². The molecule has 3 aliphatic rings. The van der Waals surface area contributed by atoms with Crippen LogP contribution in [0.3, 0.4) is 0 Å². The zero-order valence-electron chi connectivity index (χ0n) is 23.8. The van der Waals surface area contributed by atoms with Crippen LogP contribution in [0.25, 0.3) is 0 Å². The molecule has 0 radical (unpaired) electrons. The largest absolute Gasteiger partial charge is 0.493 e. The molecule has 1 fully saturated rings.